The number of benzene rings is 1. The average molecular weight is 267 g/mol. The third-order valence-electron chi connectivity index (χ3n) is 2.61. The first-order valence-electron chi connectivity index (χ1n) is 5.94. The summed E-state index contributed by atoms with van der Waals surface area (Å²) in [5.41, 5.74) is 0.360. The topological polar surface area (TPSA) is 63.6 Å². The number of nitrogens with zero attached hydrogens (tertiary/aromatic N) is 4. The molecule has 3 aromatic rings. The Bertz CT molecular complexity index is 718. The van der Waals surface area contributed by atoms with Crippen LogP contribution in [0, 0.1) is 5.82 Å². The van der Waals surface area contributed by atoms with Gasteiger partial charge in [0.25, 0.3) is 0 Å². The molecule has 0 aliphatic carbocycles. The van der Waals surface area contributed by atoms with Crippen molar-refractivity contribution in [2.75, 3.05) is 5.32 Å². The molecule has 0 aliphatic heterocycles. The maximum atomic E-state index is 13.7. The van der Waals surface area contributed by atoms with Gasteiger partial charge in [-0.3, -0.25) is 0 Å². The van der Waals surface area contributed by atoms with Gasteiger partial charge in [0.2, 0.25) is 0 Å². The van der Waals surface area contributed by atoms with E-state index in [-0.39, 0.29) is 5.82 Å². The zero-order valence-corrected chi connectivity index (χ0v) is 10.4. The summed E-state index contributed by atoms with van der Waals surface area (Å²) in [6.07, 6.45) is 4.62. The summed E-state index contributed by atoms with van der Waals surface area (Å²) in [5, 5.41) is 3.01. The number of rotatable bonds is 3. The highest BCUT2D eigenvalue weighted by Gasteiger charge is 2.07. The van der Waals surface area contributed by atoms with E-state index in [0.717, 1.165) is 0 Å². The van der Waals surface area contributed by atoms with E-state index in [1.54, 1.807) is 42.7 Å². The van der Waals surface area contributed by atoms with Crippen LogP contribution < -0.4 is 5.32 Å². The van der Waals surface area contributed by atoms with Crippen molar-refractivity contribution in [2.45, 2.75) is 0 Å². The summed E-state index contributed by atoms with van der Waals surface area (Å²) in [6.45, 7) is 0. The van der Waals surface area contributed by atoms with Gasteiger partial charge in [0.05, 0.1) is 5.56 Å². The van der Waals surface area contributed by atoms with E-state index in [2.05, 4.69) is 25.3 Å². The molecule has 2 aromatic heterocycles. The van der Waals surface area contributed by atoms with Gasteiger partial charge >= 0.3 is 0 Å². The number of nitrogens with one attached hydrogen (secondary N) is 1. The Morgan fingerprint density at radius 1 is 0.900 bits per heavy atom. The van der Waals surface area contributed by atoms with E-state index in [0.29, 0.717) is 23.0 Å². The Morgan fingerprint density at radius 3 is 2.55 bits per heavy atom. The lowest BCUT2D eigenvalue weighted by Gasteiger charge is -2.06. The predicted molar refractivity (Wildman–Crippen MR) is 72.7 cm³/mol. The molecule has 0 saturated carbocycles. The summed E-state index contributed by atoms with van der Waals surface area (Å²) in [6, 6.07) is 9.79. The Balaban J connectivity index is 1.92. The Hall–Kier alpha value is -2.89. The van der Waals surface area contributed by atoms with Crippen LogP contribution in [-0.2, 0) is 0 Å². The molecule has 0 spiro atoms. The lowest BCUT2D eigenvalue weighted by Crippen LogP contribution is -1.99. The third-order valence-corrected chi connectivity index (χ3v) is 2.61. The van der Waals surface area contributed by atoms with Crippen molar-refractivity contribution < 1.29 is 4.39 Å². The minimum Gasteiger partial charge on any atom is -0.325 e. The van der Waals surface area contributed by atoms with Crippen molar-refractivity contribution in [1.29, 1.82) is 0 Å². The van der Waals surface area contributed by atoms with Gasteiger partial charge in [0, 0.05) is 12.4 Å². The minimum atomic E-state index is -0.355. The molecular formula is C14H10FN5. The summed E-state index contributed by atoms with van der Waals surface area (Å²) in [5.74, 6) is 1.11. The normalized spacial score (nSPS) is 10.2. The van der Waals surface area contributed by atoms with Gasteiger partial charge in [-0.2, -0.15) is 0 Å². The van der Waals surface area contributed by atoms with Crippen LogP contribution in [0.2, 0.25) is 0 Å². The average Bonchev–Trinajstić information content (AvgIpc) is 2.49. The van der Waals surface area contributed by atoms with Crippen LogP contribution in [0.1, 0.15) is 0 Å². The van der Waals surface area contributed by atoms with Crippen molar-refractivity contribution in [3.63, 3.8) is 0 Å². The molecule has 98 valence electrons. The maximum Gasteiger partial charge on any atom is 0.164 e. The van der Waals surface area contributed by atoms with Crippen LogP contribution in [-0.4, -0.2) is 19.9 Å². The molecule has 0 atom stereocenters. The van der Waals surface area contributed by atoms with E-state index >= 15 is 0 Å². The highest BCUT2D eigenvalue weighted by molar-refractivity contribution is 5.59. The lowest BCUT2D eigenvalue weighted by atomic mass is 10.2. The van der Waals surface area contributed by atoms with Gasteiger partial charge in [0.15, 0.2) is 5.82 Å². The molecule has 3 rings (SSSR count). The largest absolute Gasteiger partial charge is 0.325 e. The van der Waals surface area contributed by atoms with Crippen molar-refractivity contribution in [3.8, 4) is 11.4 Å². The molecule has 0 aliphatic rings. The first kappa shape index (κ1) is 12.2. The second-order valence-electron chi connectivity index (χ2n) is 3.96. The van der Waals surface area contributed by atoms with Crippen molar-refractivity contribution in [2.24, 2.45) is 0 Å². The number of anilines is 2. The monoisotopic (exact) mass is 267 g/mol. The van der Waals surface area contributed by atoms with Gasteiger partial charge in [-0.05, 0) is 24.3 Å². The highest BCUT2D eigenvalue weighted by Crippen LogP contribution is 2.20. The summed E-state index contributed by atoms with van der Waals surface area (Å²) >= 11 is 0. The van der Waals surface area contributed by atoms with E-state index < -0.39 is 0 Å². The fraction of sp³-hybridized carbons (Fsp3) is 0. The van der Waals surface area contributed by atoms with Crippen LogP contribution in [0.15, 0.2) is 55.1 Å². The second-order valence-corrected chi connectivity index (χ2v) is 3.96. The predicted octanol–water partition coefficient (Wildman–Crippen LogP) is 2.82. The molecular weight excluding hydrogens is 257 g/mol. The number of hydrogen-bond acceptors (Lipinski definition) is 5. The quantitative estimate of drug-likeness (QED) is 0.790. The van der Waals surface area contributed by atoms with Crippen molar-refractivity contribution in [3.05, 3.63) is 60.9 Å². The van der Waals surface area contributed by atoms with Crippen LogP contribution >= 0.6 is 0 Å². The molecule has 2 heterocycles. The van der Waals surface area contributed by atoms with Gasteiger partial charge in [-0.1, -0.05) is 12.1 Å². The summed E-state index contributed by atoms with van der Waals surface area (Å²) < 4.78 is 13.7. The first-order valence-corrected chi connectivity index (χ1v) is 5.94. The van der Waals surface area contributed by atoms with E-state index in [1.807, 2.05) is 0 Å². The minimum absolute atomic E-state index is 0.321. The van der Waals surface area contributed by atoms with Crippen LogP contribution in [0.25, 0.3) is 11.4 Å². The Morgan fingerprint density at radius 2 is 1.75 bits per heavy atom. The fourth-order valence-electron chi connectivity index (χ4n) is 1.70. The SMILES string of the molecule is Fc1ccccc1-c1nccc(Nc2ccncn2)n1. The maximum absolute atomic E-state index is 13.7. The van der Waals surface area contributed by atoms with Gasteiger partial charge in [0.1, 0.15) is 23.8 Å². The number of halogens is 1. The van der Waals surface area contributed by atoms with Gasteiger partial charge < -0.3 is 5.32 Å². The highest BCUT2D eigenvalue weighted by atomic mass is 19.1. The Labute approximate surface area is 114 Å². The lowest BCUT2D eigenvalue weighted by molar-refractivity contribution is 0.630. The first-order chi connectivity index (χ1) is 9.83. The molecule has 1 aromatic carbocycles. The molecule has 0 radical (unpaired) electrons. The molecule has 0 saturated heterocycles. The van der Waals surface area contributed by atoms with Crippen molar-refractivity contribution in [1.82, 2.24) is 19.9 Å². The van der Waals surface area contributed by atoms with E-state index in [1.165, 1.54) is 12.4 Å². The Kier molecular flexibility index (Phi) is 3.28. The van der Waals surface area contributed by atoms with Crippen molar-refractivity contribution >= 4 is 11.6 Å². The molecule has 5 nitrogen and oxygen atoms in total. The van der Waals surface area contributed by atoms with E-state index in [9.17, 15) is 4.39 Å². The van der Waals surface area contributed by atoms with Gasteiger partial charge in [-0.25, -0.2) is 24.3 Å². The molecule has 0 amide bonds. The van der Waals surface area contributed by atoms with E-state index in [4.69, 9.17) is 0 Å². The zero-order valence-electron chi connectivity index (χ0n) is 10.4. The smallest absolute Gasteiger partial charge is 0.164 e. The fourth-order valence-corrected chi connectivity index (χ4v) is 1.70. The standard InChI is InChI=1S/C14H10FN5/c15-11-4-2-1-3-10(11)14-17-8-6-13(20-14)19-12-5-7-16-9-18-12/h1-9H,(H,16,17,18,19,20). The summed E-state index contributed by atoms with van der Waals surface area (Å²) in [7, 11) is 0. The number of aromatic nitrogens is 4. The van der Waals surface area contributed by atoms with Gasteiger partial charge in [-0.15, -0.1) is 0 Å². The molecule has 0 fully saturated rings. The zero-order chi connectivity index (χ0) is 13.8. The molecule has 0 unspecified atom stereocenters. The molecule has 1 N–H and O–H groups in total. The van der Waals surface area contributed by atoms with Crippen LogP contribution in [0.5, 0.6) is 0 Å². The second kappa shape index (κ2) is 5.40. The molecule has 6 heteroatoms. The number of hydrogen-bond donors (Lipinski definition) is 1. The van der Waals surface area contributed by atoms with Crippen LogP contribution in [0.4, 0.5) is 16.0 Å². The molecule has 0 bridgehead atoms. The third kappa shape index (κ3) is 2.59. The van der Waals surface area contributed by atoms with Crippen LogP contribution in [0.3, 0.4) is 0 Å². The molecule has 20 heavy (non-hydrogen) atoms. The summed E-state index contributed by atoms with van der Waals surface area (Å²) in [4.78, 5) is 16.2.